The fraction of sp³-hybridized carbons (Fsp3) is 0.316. The number of esters is 1. The topological polar surface area (TPSA) is 68.3 Å². The highest BCUT2D eigenvalue weighted by molar-refractivity contribution is 5.94. The monoisotopic (exact) mass is 324 g/mol. The lowest BCUT2D eigenvalue weighted by Crippen LogP contribution is -2.23. The highest BCUT2D eigenvalue weighted by Crippen LogP contribution is 2.49. The van der Waals surface area contributed by atoms with E-state index in [2.05, 4.69) is 10.3 Å². The zero-order valence-corrected chi connectivity index (χ0v) is 13.8. The van der Waals surface area contributed by atoms with Gasteiger partial charge in [-0.05, 0) is 54.2 Å². The number of carbonyl (C=O) groups excluding carboxylic acids is 2. The first-order chi connectivity index (χ1) is 11.6. The van der Waals surface area contributed by atoms with Crippen molar-refractivity contribution in [3.05, 3.63) is 65.0 Å². The SMILES string of the molecule is COC(=O)[C@@H]1C[C@H]1c1ccc(C(=O)NCc2cccnc2)cc1C. The van der Waals surface area contributed by atoms with Gasteiger partial charge in [-0.2, -0.15) is 0 Å². The number of hydrogen-bond donors (Lipinski definition) is 1. The molecule has 0 saturated heterocycles. The molecule has 5 heteroatoms. The maximum Gasteiger partial charge on any atom is 0.309 e. The summed E-state index contributed by atoms with van der Waals surface area (Å²) in [6.45, 7) is 2.42. The molecule has 1 aliphatic carbocycles. The van der Waals surface area contributed by atoms with Crippen molar-refractivity contribution in [2.45, 2.75) is 25.8 Å². The summed E-state index contributed by atoms with van der Waals surface area (Å²) in [6.07, 6.45) is 4.25. The molecule has 1 N–H and O–H groups in total. The molecule has 0 unspecified atom stereocenters. The summed E-state index contributed by atoms with van der Waals surface area (Å²) >= 11 is 0. The van der Waals surface area contributed by atoms with Crippen LogP contribution in [0.2, 0.25) is 0 Å². The molecule has 124 valence electrons. The molecular weight excluding hydrogens is 304 g/mol. The second-order valence-electron chi connectivity index (χ2n) is 6.09. The molecule has 5 nitrogen and oxygen atoms in total. The molecule has 2 aromatic rings. The van der Waals surface area contributed by atoms with E-state index in [1.54, 1.807) is 12.4 Å². The van der Waals surface area contributed by atoms with Crippen LogP contribution >= 0.6 is 0 Å². The zero-order valence-electron chi connectivity index (χ0n) is 13.8. The molecule has 0 radical (unpaired) electrons. The number of aromatic nitrogens is 1. The van der Waals surface area contributed by atoms with E-state index in [-0.39, 0.29) is 23.7 Å². The highest BCUT2D eigenvalue weighted by atomic mass is 16.5. The van der Waals surface area contributed by atoms with Crippen LogP contribution in [0.25, 0.3) is 0 Å². The minimum absolute atomic E-state index is 0.0426. The summed E-state index contributed by atoms with van der Waals surface area (Å²) in [7, 11) is 1.42. The summed E-state index contributed by atoms with van der Waals surface area (Å²) in [6, 6.07) is 9.39. The van der Waals surface area contributed by atoms with E-state index in [9.17, 15) is 9.59 Å². The molecular formula is C19H20N2O3. The number of methoxy groups -OCH3 is 1. The summed E-state index contributed by atoms with van der Waals surface area (Å²) in [5.74, 6) is -0.101. The Morgan fingerprint density at radius 2 is 2.17 bits per heavy atom. The summed E-state index contributed by atoms with van der Waals surface area (Å²) in [5, 5.41) is 2.89. The molecule has 2 atom stereocenters. The van der Waals surface area contributed by atoms with Crippen LogP contribution in [-0.2, 0) is 16.1 Å². The van der Waals surface area contributed by atoms with Crippen molar-refractivity contribution in [3.63, 3.8) is 0 Å². The van der Waals surface area contributed by atoms with Crippen LogP contribution in [0.5, 0.6) is 0 Å². The van der Waals surface area contributed by atoms with Crippen LogP contribution < -0.4 is 5.32 Å². The number of carbonyl (C=O) groups is 2. The van der Waals surface area contributed by atoms with E-state index in [4.69, 9.17) is 4.74 Å². The van der Waals surface area contributed by atoms with Gasteiger partial charge in [0.25, 0.3) is 5.91 Å². The molecule has 3 rings (SSSR count). The van der Waals surface area contributed by atoms with Gasteiger partial charge in [0, 0.05) is 24.5 Å². The first-order valence-electron chi connectivity index (χ1n) is 7.95. The quantitative estimate of drug-likeness (QED) is 0.859. The largest absolute Gasteiger partial charge is 0.469 e. The third-order valence-electron chi connectivity index (χ3n) is 4.40. The summed E-state index contributed by atoms with van der Waals surface area (Å²) in [4.78, 5) is 27.9. The van der Waals surface area contributed by atoms with Crippen molar-refractivity contribution in [1.82, 2.24) is 10.3 Å². The summed E-state index contributed by atoms with van der Waals surface area (Å²) in [5.41, 5.74) is 3.73. The predicted octanol–water partition coefficient (Wildman–Crippen LogP) is 2.60. The van der Waals surface area contributed by atoms with Crippen molar-refractivity contribution in [3.8, 4) is 0 Å². The molecule has 0 aliphatic heterocycles. The third kappa shape index (κ3) is 3.45. The van der Waals surface area contributed by atoms with E-state index >= 15 is 0 Å². The smallest absolute Gasteiger partial charge is 0.309 e. The lowest BCUT2D eigenvalue weighted by molar-refractivity contribution is -0.142. The van der Waals surface area contributed by atoms with Crippen LogP contribution in [0.1, 0.15) is 39.4 Å². The molecule has 1 amide bonds. The number of nitrogens with zero attached hydrogens (tertiary/aromatic N) is 1. The molecule has 0 spiro atoms. The predicted molar refractivity (Wildman–Crippen MR) is 89.5 cm³/mol. The van der Waals surface area contributed by atoms with Crippen molar-refractivity contribution < 1.29 is 14.3 Å². The molecule has 1 aliphatic rings. The molecule has 1 aromatic carbocycles. The van der Waals surface area contributed by atoms with Gasteiger partial charge in [-0.3, -0.25) is 14.6 Å². The number of pyridine rings is 1. The van der Waals surface area contributed by atoms with Crippen molar-refractivity contribution in [2.24, 2.45) is 5.92 Å². The zero-order chi connectivity index (χ0) is 17.1. The number of aryl methyl sites for hydroxylation is 1. The minimum atomic E-state index is -0.155. The van der Waals surface area contributed by atoms with Crippen LogP contribution in [0.4, 0.5) is 0 Å². The Bertz CT molecular complexity index is 758. The van der Waals surface area contributed by atoms with Crippen LogP contribution in [0, 0.1) is 12.8 Å². The van der Waals surface area contributed by atoms with E-state index in [0.717, 1.165) is 23.1 Å². The maximum atomic E-state index is 12.3. The Balaban J connectivity index is 1.64. The minimum Gasteiger partial charge on any atom is -0.469 e. The highest BCUT2D eigenvalue weighted by Gasteiger charge is 2.45. The number of rotatable bonds is 5. The van der Waals surface area contributed by atoms with Crippen LogP contribution in [-0.4, -0.2) is 24.0 Å². The Hall–Kier alpha value is -2.69. The Morgan fingerprint density at radius 1 is 1.33 bits per heavy atom. The van der Waals surface area contributed by atoms with E-state index in [1.807, 2.05) is 37.3 Å². The summed E-state index contributed by atoms with van der Waals surface area (Å²) < 4.78 is 4.79. The lowest BCUT2D eigenvalue weighted by Gasteiger charge is -2.09. The van der Waals surface area contributed by atoms with Crippen LogP contribution in [0.15, 0.2) is 42.7 Å². The van der Waals surface area contributed by atoms with Gasteiger partial charge in [-0.25, -0.2) is 0 Å². The van der Waals surface area contributed by atoms with E-state index < -0.39 is 0 Å². The Labute approximate surface area is 141 Å². The first kappa shape index (κ1) is 16.2. The van der Waals surface area contributed by atoms with E-state index in [1.165, 1.54) is 7.11 Å². The molecule has 1 aromatic heterocycles. The van der Waals surface area contributed by atoms with Crippen LogP contribution in [0.3, 0.4) is 0 Å². The van der Waals surface area contributed by atoms with E-state index in [0.29, 0.717) is 12.1 Å². The van der Waals surface area contributed by atoms with Gasteiger partial charge in [0.2, 0.25) is 0 Å². The number of nitrogens with one attached hydrogen (secondary N) is 1. The van der Waals surface area contributed by atoms with Gasteiger partial charge in [-0.1, -0.05) is 12.1 Å². The molecule has 1 heterocycles. The number of ether oxygens (including phenoxy) is 1. The normalized spacial score (nSPS) is 18.8. The van der Waals surface area contributed by atoms with Gasteiger partial charge in [0.1, 0.15) is 0 Å². The fourth-order valence-electron chi connectivity index (χ4n) is 2.97. The number of amides is 1. The Morgan fingerprint density at radius 3 is 2.83 bits per heavy atom. The van der Waals surface area contributed by atoms with Crippen molar-refractivity contribution in [2.75, 3.05) is 7.11 Å². The average molecular weight is 324 g/mol. The second-order valence-corrected chi connectivity index (χ2v) is 6.09. The lowest BCUT2D eigenvalue weighted by atomic mass is 10.00. The van der Waals surface area contributed by atoms with Gasteiger partial charge >= 0.3 is 5.97 Å². The van der Waals surface area contributed by atoms with Crippen molar-refractivity contribution in [1.29, 1.82) is 0 Å². The Kier molecular flexibility index (Phi) is 4.60. The average Bonchev–Trinajstić information content (AvgIpc) is 3.40. The van der Waals surface area contributed by atoms with Gasteiger partial charge in [0.15, 0.2) is 0 Å². The first-order valence-corrected chi connectivity index (χ1v) is 7.95. The fourth-order valence-corrected chi connectivity index (χ4v) is 2.97. The number of benzene rings is 1. The van der Waals surface area contributed by atoms with Gasteiger partial charge in [-0.15, -0.1) is 0 Å². The molecule has 24 heavy (non-hydrogen) atoms. The van der Waals surface area contributed by atoms with Crippen molar-refractivity contribution >= 4 is 11.9 Å². The van der Waals surface area contributed by atoms with Gasteiger partial charge < -0.3 is 10.1 Å². The third-order valence-corrected chi connectivity index (χ3v) is 4.40. The standard InChI is InChI=1S/C19H20N2O3/c1-12-8-14(18(22)21-11-13-4-3-7-20-10-13)5-6-15(12)16-9-17(16)19(23)24-2/h3-8,10,16-17H,9,11H2,1-2H3,(H,21,22)/t16-,17+/m0/s1. The van der Waals surface area contributed by atoms with Gasteiger partial charge in [0.05, 0.1) is 13.0 Å². The molecule has 1 saturated carbocycles. The number of hydrogen-bond acceptors (Lipinski definition) is 4. The maximum absolute atomic E-state index is 12.3. The molecule has 1 fully saturated rings. The molecule has 0 bridgehead atoms. The second kappa shape index (κ2) is 6.83.